The average molecular weight is 249 g/mol. The molecule has 0 atom stereocenters. The highest BCUT2D eigenvalue weighted by molar-refractivity contribution is 5.10. The van der Waals surface area contributed by atoms with Crippen molar-refractivity contribution in [2.45, 2.75) is 71.4 Å². The molecule has 1 heterocycles. The van der Waals surface area contributed by atoms with Crippen LogP contribution in [-0.2, 0) is 19.4 Å². The van der Waals surface area contributed by atoms with Gasteiger partial charge in [-0.25, -0.2) is 0 Å². The molecule has 1 fully saturated rings. The topological polar surface area (TPSA) is 29.9 Å². The smallest absolute Gasteiger partial charge is 0.0624 e. The van der Waals surface area contributed by atoms with Gasteiger partial charge in [0.1, 0.15) is 0 Å². The summed E-state index contributed by atoms with van der Waals surface area (Å²) in [5, 5.41) is 8.35. The molecule has 0 aliphatic heterocycles. The SMILES string of the molecule is CCc1cc(CC)n(CCNC2CCCCC2)n1. The third-order valence-electron chi connectivity index (χ3n) is 4.00. The van der Waals surface area contributed by atoms with Crippen LogP contribution in [0.3, 0.4) is 0 Å². The minimum absolute atomic E-state index is 0.755. The van der Waals surface area contributed by atoms with Gasteiger partial charge in [-0.2, -0.15) is 5.10 Å². The lowest BCUT2D eigenvalue weighted by Crippen LogP contribution is -2.33. The van der Waals surface area contributed by atoms with Crippen LogP contribution in [0.5, 0.6) is 0 Å². The van der Waals surface area contributed by atoms with E-state index in [1.54, 1.807) is 0 Å². The predicted octanol–water partition coefficient (Wildman–Crippen LogP) is 2.93. The Morgan fingerprint density at radius 1 is 1.22 bits per heavy atom. The van der Waals surface area contributed by atoms with Crippen LogP contribution in [0, 0.1) is 0 Å². The molecule has 0 aromatic carbocycles. The van der Waals surface area contributed by atoms with Crippen molar-refractivity contribution in [1.29, 1.82) is 0 Å². The first-order valence-electron chi connectivity index (χ1n) is 7.62. The molecule has 1 aromatic rings. The fourth-order valence-electron chi connectivity index (χ4n) is 2.85. The summed E-state index contributed by atoms with van der Waals surface area (Å²) >= 11 is 0. The highest BCUT2D eigenvalue weighted by Gasteiger charge is 2.12. The number of hydrogen-bond acceptors (Lipinski definition) is 2. The van der Waals surface area contributed by atoms with Crippen molar-refractivity contribution in [2.75, 3.05) is 6.54 Å². The Labute approximate surface area is 111 Å². The molecule has 1 N–H and O–H groups in total. The molecule has 18 heavy (non-hydrogen) atoms. The number of aryl methyl sites for hydroxylation is 2. The normalized spacial score (nSPS) is 17.2. The first kappa shape index (κ1) is 13.6. The molecule has 1 aromatic heterocycles. The standard InChI is InChI=1S/C15H27N3/c1-3-13-12-15(4-2)18(17-13)11-10-16-14-8-6-5-7-9-14/h12,14,16H,3-11H2,1-2H3. The van der Waals surface area contributed by atoms with Crippen LogP contribution >= 0.6 is 0 Å². The Balaban J connectivity index is 1.79. The number of rotatable bonds is 6. The van der Waals surface area contributed by atoms with E-state index in [9.17, 15) is 0 Å². The second kappa shape index (κ2) is 6.93. The molecule has 0 bridgehead atoms. The van der Waals surface area contributed by atoms with Crippen molar-refractivity contribution in [2.24, 2.45) is 0 Å². The molecular weight excluding hydrogens is 222 g/mol. The first-order chi connectivity index (χ1) is 8.83. The number of hydrogen-bond donors (Lipinski definition) is 1. The van der Waals surface area contributed by atoms with Crippen LogP contribution in [0.15, 0.2) is 6.07 Å². The summed E-state index contributed by atoms with van der Waals surface area (Å²) in [7, 11) is 0. The van der Waals surface area contributed by atoms with Gasteiger partial charge in [0.15, 0.2) is 0 Å². The summed E-state index contributed by atoms with van der Waals surface area (Å²) in [5.41, 5.74) is 2.60. The largest absolute Gasteiger partial charge is 0.312 e. The van der Waals surface area contributed by atoms with Gasteiger partial charge in [0.25, 0.3) is 0 Å². The van der Waals surface area contributed by atoms with Gasteiger partial charge in [0.05, 0.1) is 12.2 Å². The van der Waals surface area contributed by atoms with Gasteiger partial charge in [0, 0.05) is 18.3 Å². The summed E-state index contributed by atoms with van der Waals surface area (Å²) in [4.78, 5) is 0. The second-order valence-electron chi connectivity index (χ2n) is 5.35. The Morgan fingerprint density at radius 3 is 2.67 bits per heavy atom. The second-order valence-corrected chi connectivity index (χ2v) is 5.35. The molecule has 0 saturated heterocycles. The minimum atomic E-state index is 0.755. The quantitative estimate of drug-likeness (QED) is 0.840. The highest BCUT2D eigenvalue weighted by atomic mass is 15.3. The van der Waals surface area contributed by atoms with Crippen molar-refractivity contribution in [3.05, 3.63) is 17.5 Å². The van der Waals surface area contributed by atoms with Crippen molar-refractivity contribution >= 4 is 0 Å². The summed E-state index contributed by atoms with van der Waals surface area (Å²) in [6, 6.07) is 3.01. The number of nitrogens with one attached hydrogen (secondary N) is 1. The molecule has 1 saturated carbocycles. The number of aromatic nitrogens is 2. The zero-order valence-electron chi connectivity index (χ0n) is 11.9. The summed E-state index contributed by atoms with van der Waals surface area (Å²) in [6.07, 6.45) is 9.07. The lowest BCUT2D eigenvalue weighted by atomic mass is 9.95. The van der Waals surface area contributed by atoms with Crippen LogP contribution in [0.1, 0.15) is 57.3 Å². The molecule has 0 amide bonds. The molecule has 2 rings (SSSR count). The Bertz CT molecular complexity index is 351. The molecule has 0 unspecified atom stereocenters. The van der Waals surface area contributed by atoms with Crippen molar-refractivity contribution in [3.8, 4) is 0 Å². The van der Waals surface area contributed by atoms with Crippen LogP contribution in [0.2, 0.25) is 0 Å². The summed E-state index contributed by atoms with van der Waals surface area (Å²) < 4.78 is 2.19. The van der Waals surface area contributed by atoms with Gasteiger partial charge in [-0.3, -0.25) is 4.68 Å². The number of nitrogens with zero attached hydrogens (tertiary/aromatic N) is 2. The summed E-state index contributed by atoms with van der Waals surface area (Å²) in [6.45, 7) is 6.45. The van der Waals surface area contributed by atoms with Crippen LogP contribution in [-0.4, -0.2) is 22.4 Å². The van der Waals surface area contributed by atoms with Gasteiger partial charge in [0.2, 0.25) is 0 Å². The molecule has 0 spiro atoms. The van der Waals surface area contributed by atoms with E-state index in [0.29, 0.717) is 0 Å². The fraction of sp³-hybridized carbons (Fsp3) is 0.800. The lowest BCUT2D eigenvalue weighted by molar-refractivity contribution is 0.363. The average Bonchev–Trinajstić information content (AvgIpc) is 2.82. The maximum atomic E-state index is 4.66. The molecule has 3 nitrogen and oxygen atoms in total. The Kier molecular flexibility index (Phi) is 5.24. The van der Waals surface area contributed by atoms with Gasteiger partial charge in [-0.1, -0.05) is 33.1 Å². The van der Waals surface area contributed by atoms with Gasteiger partial charge < -0.3 is 5.32 Å². The molecule has 1 aliphatic carbocycles. The molecular formula is C15H27N3. The van der Waals surface area contributed by atoms with E-state index in [2.05, 4.69) is 35.0 Å². The van der Waals surface area contributed by atoms with E-state index in [4.69, 9.17) is 0 Å². The third-order valence-corrected chi connectivity index (χ3v) is 4.00. The Hall–Kier alpha value is -0.830. The zero-order valence-corrected chi connectivity index (χ0v) is 11.9. The van der Waals surface area contributed by atoms with Crippen molar-refractivity contribution in [3.63, 3.8) is 0 Å². The maximum absolute atomic E-state index is 4.66. The van der Waals surface area contributed by atoms with Crippen LogP contribution in [0.25, 0.3) is 0 Å². The van der Waals surface area contributed by atoms with Crippen LogP contribution in [0.4, 0.5) is 0 Å². The lowest BCUT2D eigenvalue weighted by Gasteiger charge is -2.22. The highest BCUT2D eigenvalue weighted by Crippen LogP contribution is 2.17. The molecule has 3 heteroatoms. The zero-order chi connectivity index (χ0) is 12.8. The molecule has 0 radical (unpaired) electrons. The van der Waals surface area contributed by atoms with E-state index < -0.39 is 0 Å². The maximum Gasteiger partial charge on any atom is 0.0624 e. The fourth-order valence-corrected chi connectivity index (χ4v) is 2.85. The summed E-state index contributed by atoms with van der Waals surface area (Å²) in [5.74, 6) is 0. The van der Waals surface area contributed by atoms with E-state index in [1.807, 2.05) is 0 Å². The van der Waals surface area contributed by atoms with E-state index >= 15 is 0 Å². The monoisotopic (exact) mass is 249 g/mol. The van der Waals surface area contributed by atoms with E-state index in [-0.39, 0.29) is 0 Å². The van der Waals surface area contributed by atoms with Crippen molar-refractivity contribution in [1.82, 2.24) is 15.1 Å². The van der Waals surface area contributed by atoms with E-state index in [1.165, 1.54) is 43.5 Å². The predicted molar refractivity (Wildman–Crippen MR) is 75.9 cm³/mol. The van der Waals surface area contributed by atoms with Crippen molar-refractivity contribution < 1.29 is 0 Å². The first-order valence-corrected chi connectivity index (χ1v) is 7.62. The third kappa shape index (κ3) is 3.58. The van der Waals surface area contributed by atoms with Gasteiger partial charge >= 0.3 is 0 Å². The van der Waals surface area contributed by atoms with E-state index in [0.717, 1.165) is 32.0 Å². The van der Waals surface area contributed by atoms with Gasteiger partial charge in [-0.05, 0) is 31.7 Å². The van der Waals surface area contributed by atoms with Gasteiger partial charge in [-0.15, -0.1) is 0 Å². The van der Waals surface area contributed by atoms with Crippen LogP contribution < -0.4 is 5.32 Å². The molecule has 102 valence electrons. The minimum Gasteiger partial charge on any atom is -0.312 e. The molecule has 1 aliphatic rings. The Morgan fingerprint density at radius 2 is 2.00 bits per heavy atom.